The van der Waals surface area contributed by atoms with Gasteiger partial charge in [-0.25, -0.2) is 4.98 Å². The third-order valence-corrected chi connectivity index (χ3v) is 3.40. The van der Waals surface area contributed by atoms with Crippen LogP contribution in [0.5, 0.6) is 0 Å². The third kappa shape index (κ3) is 2.96. The Hall–Kier alpha value is -3.13. The number of hydrogen-bond acceptors (Lipinski definition) is 4. The van der Waals surface area contributed by atoms with Gasteiger partial charge in [0.1, 0.15) is 12.7 Å². The van der Waals surface area contributed by atoms with Crippen LogP contribution in [0.4, 0.5) is 5.69 Å². The summed E-state index contributed by atoms with van der Waals surface area (Å²) in [5, 5.41) is 15.1. The number of nitriles is 1. The Kier molecular flexibility index (Phi) is 3.84. The van der Waals surface area contributed by atoms with Crippen molar-refractivity contribution in [1.82, 2.24) is 14.9 Å². The average molecular weight is 289 g/mol. The van der Waals surface area contributed by atoms with Gasteiger partial charge in [-0.05, 0) is 36.8 Å². The third-order valence-electron chi connectivity index (χ3n) is 3.40. The molecule has 0 amide bonds. The molecule has 0 aliphatic heterocycles. The molecule has 0 aliphatic carbocycles. The Morgan fingerprint density at radius 3 is 2.41 bits per heavy atom. The van der Waals surface area contributed by atoms with Gasteiger partial charge < -0.3 is 0 Å². The lowest BCUT2D eigenvalue weighted by molar-refractivity contribution is 0.610. The van der Waals surface area contributed by atoms with Gasteiger partial charge in [-0.2, -0.15) is 10.1 Å². The average Bonchev–Trinajstić information content (AvgIpc) is 3.09. The monoisotopic (exact) mass is 289 g/mol. The molecule has 5 nitrogen and oxygen atoms in total. The van der Waals surface area contributed by atoms with Crippen LogP contribution < -0.4 is 5.01 Å². The first-order valence-corrected chi connectivity index (χ1v) is 6.94. The van der Waals surface area contributed by atoms with Gasteiger partial charge >= 0.3 is 0 Å². The van der Waals surface area contributed by atoms with Crippen LogP contribution in [-0.4, -0.2) is 14.9 Å². The van der Waals surface area contributed by atoms with Crippen molar-refractivity contribution in [2.75, 3.05) is 5.01 Å². The van der Waals surface area contributed by atoms with Gasteiger partial charge in [0.05, 0.1) is 23.9 Å². The lowest BCUT2D eigenvalue weighted by atomic mass is 10.1. The number of aromatic nitrogens is 3. The van der Waals surface area contributed by atoms with Crippen LogP contribution in [0, 0.1) is 18.3 Å². The summed E-state index contributed by atoms with van der Waals surface area (Å²) in [5.74, 6) is 0. The number of nitrogens with zero attached hydrogens (tertiary/aromatic N) is 5. The second-order valence-electron chi connectivity index (χ2n) is 5.02. The highest BCUT2D eigenvalue weighted by molar-refractivity contribution is 5.49. The first-order valence-electron chi connectivity index (χ1n) is 6.94. The van der Waals surface area contributed by atoms with E-state index >= 15 is 0 Å². The van der Waals surface area contributed by atoms with E-state index < -0.39 is 0 Å². The molecule has 0 saturated carbocycles. The zero-order valence-electron chi connectivity index (χ0n) is 12.2. The Bertz CT molecular complexity index is 767. The van der Waals surface area contributed by atoms with Crippen molar-refractivity contribution >= 4 is 5.69 Å². The van der Waals surface area contributed by atoms with E-state index in [2.05, 4.69) is 47.3 Å². The highest BCUT2D eigenvalue weighted by atomic mass is 15.7. The maximum absolute atomic E-state index is 8.92. The number of hydrogen-bond donors (Lipinski definition) is 0. The molecule has 0 saturated heterocycles. The zero-order valence-corrected chi connectivity index (χ0v) is 12.2. The molecule has 1 heterocycles. The highest BCUT2D eigenvalue weighted by Crippen LogP contribution is 2.18. The van der Waals surface area contributed by atoms with Crippen molar-refractivity contribution in [3.8, 4) is 6.07 Å². The summed E-state index contributed by atoms with van der Waals surface area (Å²) < 4.78 is 0. The van der Waals surface area contributed by atoms with E-state index in [0.717, 1.165) is 5.69 Å². The summed E-state index contributed by atoms with van der Waals surface area (Å²) in [6.07, 6.45) is 3.16. The minimum atomic E-state index is 0.637. The highest BCUT2D eigenvalue weighted by Gasteiger charge is 2.10. The molecule has 0 atom stereocenters. The Labute approximate surface area is 129 Å². The molecule has 1 aromatic heterocycles. The number of aryl methyl sites for hydroxylation is 1. The van der Waals surface area contributed by atoms with E-state index in [4.69, 9.17) is 5.26 Å². The van der Waals surface area contributed by atoms with Crippen LogP contribution in [0.25, 0.3) is 0 Å². The van der Waals surface area contributed by atoms with Gasteiger partial charge in [0, 0.05) is 0 Å². The fourth-order valence-corrected chi connectivity index (χ4v) is 2.18. The predicted molar refractivity (Wildman–Crippen MR) is 83.9 cm³/mol. The molecule has 0 bridgehead atoms. The van der Waals surface area contributed by atoms with Crippen molar-refractivity contribution < 1.29 is 0 Å². The lowest BCUT2D eigenvalue weighted by Crippen LogP contribution is -2.29. The van der Waals surface area contributed by atoms with Crippen molar-refractivity contribution in [2.24, 2.45) is 0 Å². The van der Waals surface area contributed by atoms with Crippen LogP contribution in [-0.2, 0) is 6.54 Å². The maximum atomic E-state index is 8.92. The molecule has 22 heavy (non-hydrogen) atoms. The van der Waals surface area contributed by atoms with Crippen LogP contribution in [0.1, 0.15) is 16.7 Å². The minimum Gasteiger partial charge on any atom is -0.260 e. The van der Waals surface area contributed by atoms with Crippen molar-refractivity contribution in [1.29, 1.82) is 5.26 Å². The van der Waals surface area contributed by atoms with Gasteiger partial charge in [0.25, 0.3) is 0 Å². The van der Waals surface area contributed by atoms with Gasteiger partial charge in [-0.1, -0.05) is 29.8 Å². The number of benzene rings is 2. The fraction of sp³-hybridized carbons (Fsp3) is 0.118. The molecule has 0 aliphatic rings. The largest absolute Gasteiger partial charge is 0.260 e. The van der Waals surface area contributed by atoms with E-state index in [1.165, 1.54) is 17.5 Å². The summed E-state index contributed by atoms with van der Waals surface area (Å²) in [4.78, 5) is 5.71. The molecule has 108 valence electrons. The molecule has 0 N–H and O–H groups in total. The van der Waals surface area contributed by atoms with Crippen LogP contribution >= 0.6 is 0 Å². The van der Waals surface area contributed by atoms with E-state index in [-0.39, 0.29) is 0 Å². The lowest BCUT2D eigenvalue weighted by Gasteiger charge is -2.24. The van der Waals surface area contributed by atoms with Gasteiger partial charge in [0.15, 0.2) is 0 Å². The quantitative estimate of drug-likeness (QED) is 0.741. The summed E-state index contributed by atoms with van der Waals surface area (Å²) in [6, 6.07) is 17.9. The first-order chi connectivity index (χ1) is 10.8. The van der Waals surface area contributed by atoms with E-state index in [9.17, 15) is 0 Å². The SMILES string of the molecule is Cc1ccc(CN(c2ccc(C#N)cc2)n2cncn2)cc1. The summed E-state index contributed by atoms with van der Waals surface area (Å²) in [6.45, 7) is 2.73. The van der Waals surface area contributed by atoms with E-state index in [1.54, 1.807) is 23.3 Å². The second kappa shape index (κ2) is 6.10. The molecular weight excluding hydrogens is 274 g/mol. The van der Waals surface area contributed by atoms with Crippen molar-refractivity contribution in [2.45, 2.75) is 13.5 Å². The van der Waals surface area contributed by atoms with Crippen LogP contribution in [0.15, 0.2) is 61.2 Å². The van der Waals surface area contributed by atoms with Crippen LogP contribution in [0.3, 0.4) is 0 Å². The van der Waals surface area contributed by atoms with Crippen molar-refractivity contribution in [3.63, 3.8) is 0 Å². The molecule has 5 heteroatoms. The predicted octanol–water partition coefficient (Wildman–Crippen LogP) is 2.93. The molecule has 0 radical (unpaired) electrons. The molecule has 2 aromatic carbocycles. The van der Waals surface area contributed by atoms with E-state index in [0.29, 0.717) is 12.1 Å². The smallest absolute Gasteiger partial charge is 0.139 e. The number of rotatable bonds is 4. The molecule has 0 unspecified atom stereocenters. The minimum absolute atomic E-state index is 0.637. The van der Waals surface area contributed by atoms with Gasteiger partial charge in [-0.15, -0.1) is 5.10 Å². The molecular formula is C17H15N5. The zero-order chi connectivity index (χ0) is 15.4. The molecule has 0 spiro atoms. The van der Waals surface area contributed by atoms with Crippen LogP contribution in [0.2, 0.25) is 0 Å². The Morgan fingerprint density at radius 2 is 1.82 bits per heavy atom. The molecule has 3 rings (SSSR count). The van der Waals surface area contributed by atoms with Gasteiger partial charge in [0.2, 0.25) is 0 Å². The first kappa shape index (κ1) is 13.8. The number of anilines is 1. The summed E-state index contributed by atoms with van der Waals surface area (Å²) >= 11 is 0. The Balaban J connectivity index is 1.93. The normalized spacial score (nSPS) is 10.2. The topological polar surface area (TPSA) is 57.7 Å². The second-order valence-corrected chi connectivity index (χ2v) is 5.02. The van der Waals surface area contributed by atoms with Crippen molar-refractivity contribution in [3.05, 3.63) is 77.9 Å². The molecule has 0 fully saturated rings. The fourth-order valence-electron chi connectivity index (χ4n) is 2.18. The summed E-state index contributed by atoms with van der Waals surface area (Å²) in [5.41, 5.74) is 3.99. The Morgan fingerprint density at radius 1 is 1.09 bits per heavy atom. The maximum Gasteiger partial charge on any atom is 0.139 e. The summed E-state index contributed by atoms with van der Waals surface area (Å²) in [7, 11) is 0. The standard InChI is InChI=1S/C17H15N5/c1-14-2-4-16(5-3-14)11-21(22-13-19-12-20-22)17-8-6-15(10-18)7-9-17/h2-9,12-13H,11H2,1H3. The van der Waals surface area contributed by atoms with E-state index in [1.807, 2.05) is 17.1 Å². The molecule has 3 aromatic rings. The van der Waals surface area contributed by atoms with Gasteiger partial charge in [-0.3, -0.25) is 5.01 Å².